The van der Waals surface area contributed by atoms with Crippen molar-refractivity contribution in [2.75, 3.05) is 19.6 Å². The zero-order valence-electron chi connectivity index (χ0n) is 14.6. The SMILES string of the molecule is CCNC(=NCc1ccsc1)NCCNC(=O)CC1CCCCC1. The summed E-state index contributed by atoms with van der Waals surface area (Å²) < 4.78 is 0. The van der Waals surface area contributed by atoms with E-state index in [1.165, 1.54) is 37.7 Å². The number of amides is 1. The van der Waals surface area contributed by atoms with E-state index in [0.717, 1.165) is 12.5 Å². The van der Waals surface area contributed by atoms with Crippen LogP contribution in [0.2, 0.25) is 0 Å². The maximum Gasteiger partial charge on any atom is 0.220 e. The van der Waals surface area contributed by atoms with Gasteiger partial charge in [0.15, 0.2) is 5.96 Å². The molecule has 0 spiro atoms. The second-order valence-corrected chi connectivity index (χ2v) is 7.09. The Morgan fingerprint density at radius 2 is 2.00 bits per heavy atom. The van der Waals surface area contributed by atoms with Gasteiger partial charge in [0.05, 0.1) is 6.54 Å². The highest BCUT2D eigenvalue weighted by atomic mass is 32.1. The Morgan fingerprint density at radius 3 is 2.71 bits per heavy atom. The minimum Gasteiger partial charge on any atom is -0.357 e. The van der Waals surface area contributed by atoms with Crippen LogP contribution in [0, 0.1) is 5.92 Å². The molecule has 1 aromatic rings. The minimum absolute atomic E-state index is 0.184. The van der Waals surface area contributed by atoms with Gasteiger partial charge in [0.1, 0.15) is 0 Å². The number of aliphatic imine (C=N–C) groups is 1. The monoisotopic (exact) mass is 350 g/mol. The molecule has 2 rings (SSSR count). The summed E-state index contributed by atoms with van der Waals surface area (Å²) in [6.45, 7) is 4.87. The molecule has 1 amide bonds. The van der Waals surface area contributed by atoms with Crippen molar-refractivity contribution in [1.82, 2.24) is 16.0 Å². The zero-order chi connectivity index (χ0) is 17.0. The van der Waals surface area contributed by atoms with E-state index in [4.69, 9.17) is 0 Å². The molecule has 1 aliphatic rings. The van der Waals surface area contributed by atoms with Crippen LogP contribution in [0.15, 0.2) is 21.8 Å². The van der Waals surface area contributed by atoms with E-state index in [1.807, 2.05) is 6.92 Å². The maximum absolute atomic E-state index is 12.0. The molecule has 0 bridgehead atoms. The Morgan fingerprint density at radius 1 is 1.21 bits per heavy atom. The van der Waals surface area contributed by atoms with Crippen LogP contribution in [0.4, 0.5) is 0 Å². The Labute approximate surface area is 149 Å². The predicted octanol–water partition coefficient (Wildman–Crippen LogP) is 2.89. The fourth-order valence-electron chi connectivity index (χ4n) is 3.00. The normalized spacial score (nSPS) is 16.0. The molecule has 0 unspecified atom stereocenters. The van der Waals surface area contributed by atoms with E-state index in [9.17, 15) is 4.79 Å². The van der Waals surface area contributed by atoms with Crippen LogP contribution < -0.4 is 16.0 Å². The highest BCUT2D eigenvalue weighted by molar-refractivity contribution is 7.07. The van der Waals surface area contributed by atoms with E-state index in [2.05, 4.69) is 37.8 Å². The summed E-state index contributed by atoms with van der Waals surface area (Å²) in [5.41, 5.74) is 1.22. The number of carbonyl (C=O) groups excluding carboxylic acids is 1. The highest BCUT2D eigenvalue weighted by Crippen LogP contribution is 2.25. The van der Waals surface area contributed by atoms with Gasteiger partial charge in [-0.05, 0) is 48.1 Å². The predicted molar refractivity (Wildman–Crippen MR) is 101 cm³/mol. The number of nitrogens with one attached hydrogen (secondary N) is 3. The number of rotatable bonds is 8. The van der Waals surface area contributed by atoms with Crippen LogP contribution in [-0.2, 0) is 11.3 Å². The number of thiophene rings is 1. The number of carbonyl (C=O) groups is 1. The van der Waals surface area contributed by atoms with E-state index >= 15 is 0 Å². The van der Waals surface area contributed by atoms with E-state index in [-0.39, 0.29) is 5.91 Å². The molecule has 3 N–H and O–H groups in total. The van der Waals surface area contributed by atoms with Gasteiger partial charge in [-0.25, -0.2) is 4.99 Å². The van der Waals surface area contributed by atoms with Gasteiger partial charge in [-0.2, -0.15) is 11.3 Å². The average molecular weight is 351 g/mol. The van der Waals surface area contributed by atoms with Crippen molar-refractivity contribution in [2.24, 2.45) is 10.9 Å². The van der Waals surface area contributed by atoms with Crippen molar-refractivity contribution >= 4 is 23.2 Å². The molecule has 0 aliphatic heterocycles. The summed E-state index contributed by atoms with van der Waals surface area (Å²) in [5.74, 6) is 1.57. The molecule has 6 heteroatoms. The van der Waals surface area contributed by atoms with Gasteiger partial charge in [0.25, 0.3) is 0 Å². The van der Waals surface area contributed by atoms with Gasteiger partial charge in [-0.15, -0.1) is 0 Å². The Balaban J connectivity index is 1.62. The third-order valence-corrected chi connectivity index (χ3v) is 5.01. The molecule has 0 saturated heterocycles. The van der Waals surface area contributed by atoms with Crippen molar-refractivity contribution in [1.29, 1.82) is 0 Å². The van der Waals surface area contributed by atoms with Gasteiger partial charge in [0.2, 0.25) is 5.91 Å². The summed E-state index contributed by atoms with van der Waals surface area (Å²) in [7, 11) is 0. The number of hydrogen-bond acceptors (Lipinski definition) is 3. The lowest BCUT2D eigenvalue weighted by atomic mass is 9.87. The summed E-state index contributed by atoms with van der Waals surface area (Å²) in [4.78, 5) is 16.5. The fraction of sp³-hybridized carbons (Fsp3) is 0.667. The number of guanidine groups is 1. The topological polar surface area (TPSA) is 65.5 Å². The molecule has 1 fully saturated rings. The first-order valence-electron chi connectivity index (χ1n) is 9.08. The molecule has 1 heterocycles. The molecule has 5 nitrogen and oxygen atoms in total. The summed E-state index contributed by atoms with van der Waals surface area (Å²) in [5, 5.41) is 13.7. The summed E-state index contributed by atoms with van der Waals surface area (Å²) in [6, 6.07) is 2.09. The van der Waals surface area contributed by atoms with Gasteiger partial charge in [0, 0.05) is 26.1 Å². The molecule has 0 atom stereocenters. The Hall–Kier alpha value is -1.56. The van der Waals surface area contributed by atoms with Gasteiger partial charge < -0.3 is 16.0 Å². The zero-order valence-corrected chi connectivity index (χ0v) is 15.5. The van der Waals surface area contributed by atoms with E-state index < -0.39 is 0 Å². The summed E-state index contributed by atoms with van der Waals surface area (Å²) >= 11 is 1.69. The average Bonchev–Trinajstić information content (AvgIpc) is 3.11. The van der Waals surface area contributed by atoms with Gasteiger partial charge in [-0.1, -0.05) is 19.3 Å². The lowest BCUT2D eigenvalue weighted by molar-refractivity contribution is -0.122. The van der Waals surface area contributed by atoms with Crippen molar-refractivity contribution in [2.45, 2.75) is 52.0 Å². The first kappa shape index (κ1) is 18.8. The molecular formula is C18H30N4OS. The van der Waals surface area contributed by atoms with Crippen molar-refractivity contribution < 1.29 is 4.79 Å². The van der Waals surface area contributed by atoms with Gasteiger partial charge >= 0.3 is 0 Å². The summed E-state index contributed by atoms with van der Waals surface area (Å²) in [6.07, 6.45) is 7.02. The van der Waals surface area contributed by atoms with Crippen LogP contribution in [-0.4, -0.2) is 31.5 Å². The Kier molecular flexibility index (Phi) is 8.66. The first-order chi connectivity index (χ1) is 11.8. The molecular weight excluding hydrogens is 320 g/mol. The first-order valence-corrected chi connectivity index (χ1v) is 10.0. The molecule has 0 radical (unpaired) electrons. The lowest BCUT2D eigenvalue weighted by Gasteiger charge is -2.20. The second kappa shape index (κ2) is 11.1. The number of nitrogens with zero attached hydrogens (tertiary/aromatic N) is 1. The van der Waals surface area contributed by atoms with Crippen molar-refractivity contribution in [3.05, 3.63) is 22.4 Å². The molecule has 134 valence electrons. The smallest absolute Gasteiger partial charge is 0.220 e. The molecule has 24 heavy (non-hydrogen) atoms. The minimum atomic E-state index is 0.184. The second-order valence-electron chi connectivity index (χ2n) is 6.31. The third kappa shape index (κ3) is 7.34. The third-order valence-electron chi connectivity index (χ3n) is 4.28. The lowest BCUT2D eigenvalue weighted by Crippen LogP contribution is -2.41. The maximum atomic E-state index is 12.0. The van der Waals surface area contributed by atoms with Crippen LogP contribution in [0.3, 0.4) is 0 Å². The van der Waals surface area contributed by atoms with Crippen LogP contribution in [0.25, 0.3) is 0 Å². The van der Waals surface area contributed by atoms with Crippen molar-refractivity contribution in [3.63, 3.8) is 0 Å². The van der Waals surface area contributed by atoms with Gasteiger partial charge in [-0.3, -0.25) is 4.79 Å². The van der Waals surface area contributed by atoms with Crippen LogP contribution >= 0.6 is 11.3 Å². The van der Waals surface area contributed by atoms with Crippen LogP contribution in [0.1, 0.15) is 51.0 Å². The van der Waals surface area contributed by atoms with Crippen molar-refractivity contribution in [3.8, 4) is 0 Å². The largest absolute Gasteiger partial charge is 0.357 e. The highest BCUT2D eigenvalue weighted by Gasteiger charge is 2.16. The Bertz CT molecular complexity index is 495. The fourth-order valence-corrected chi connectivity index (χ4v) is 3.66. The van der Waals surface area contributed by atoms with E-state index in [0.29, 0.717) is 32.0 Å². The number of hydrogen-bond donors (Lipinski definition) is 3. The molecule has 1 saturated carbocycles. The van der Waals surface area contributed by atoms with Crippen LogP contribution in [0.5, 0.6) is 0 Å². The molecule has 1 aromatic heterocycles. The molecule has 1 aliphatic carbocycles. The molecule has 0 aromatic carbocycles. The standard InChI is InChI=1S/C18H30N4OS/c1-2-19-18(22-13-16-8-11-24-14-16)21-10-9-20-17(23)12-15-6-4-3-5-7-15/h8,11,14-15H,2-7,9-10,12-13H2,1H3,(H,20,23)(H2,19,21,22). The van der Waals surface area contributed by atoms with E-state index in [1.54, 1.807) is 11.3 Å². The quantitative estimate of drug-likeness (QED) is 0.384.